The second-order valence-corrected chi connectivity index (χ2v) is 6.80. The predicted octanol–water partition coefficient (Wildman–Crippen LogP) is 3.31. The minimum Gasteiger partial charge on any atom is -0.461 e. The van der Waals surface area contributed by atoms with Gasteiger partial charge in [-0.2, -0.15) is 0 Å². The van der Waals surface area contributed by atoms with E-state index < -0.39 is 17.5 Å². The Morgan fingerprint density at radius 2 is 2.00 bits per heavy atom. The molecule has 7 nitrogen and oxygen atoms in total. The van der Waals surface area contributed by atoms with E-state index in [-0.39, 0.29) is 31.7 Å². The number of hydrogen-bond acceptors (Lipinski definition) is 5. The SMILES string of the molecule is CCN(Cc1c(F)cccc1F)Cn1nc(-c2ccco2)n(CCC(N)=O)c1=S. The van der Waals surface area contributed by atoms with Gasteiger partial charge in [0.2, 0.25) is 5.91 Å². The zero-order chi connectivity index (χ0) is 21.0. The van der Waals surface area contributed by atoms with Gasteiger partial charge >= 0.3 is 0 Å². The quantitative estimate of drug-likeness (QED) is 0.536. The summed E-state index contributed by atoms with van der Waals surface area (Å²) in [6.45, 7) is 2.90. The molecule has 2 N–H and O–H groups in total. The molecule has 0 fully saturated rings. The first-order valence-corrected chi connectivity index (χ1v) is 9.46. The molecule has 0 aliphatic rings. The first kappa shape index (κ1) is 20.9. The normalized spacial score (nSPS) is 11.3. The maximum absolute atomic E-state index is 14.0. The molecule has 3 rings (SSSR count). The summed E-state index contributed by atoms with van der Waals surface area (Å²) in [7, 11) is 0. The van der Waals surface area contributed by atoms with E-state index in [1.54, 1.807) is 21.6 Å². The second kappa shape index (κ2) is 9.10. The Labute approximate surface area is 171 Å². The summed E-state index contributed by atoms with van der Waals surface area (Å²) < 4.78 is 37.0. The highest BCUT2D eigenvalue weighted by Gasteiger charge is 2.18. The van der Waals surface area contributed by atoms with E-state index in [2.05, 4.69) is 5.10 Å². The summed E-state index contributed by atoms with van der Waals surface area (Å²) in [5.41, 5.74) is 5.25. The van der Waals surface area contributed by atoms with Gasteiger partial charge in [0.25, 0.3) is 0 Å². The molecule has 29 heavy (non-hydrogen) atoms. The van der Waals surface area contributed by atoms with Gasteiger partial charge in [0, 0.05) is 25.1 Å². The number of primary amides is 1. The van der Waals surface area contributed by atoms with Crippen LogP contribution >= 0.6 is 12.2 Å². The van der Waals surface area contributed by atoms with E-state index in [0.29, 0.717) is 22.9 Å². The number of hydrogen-bond donors (Lipinski definition) is 1. The minimum absolute atomic E-state index is 0.0136. The van der Waals surface area contributed by atoms with Crippen molar-refractivity contribution >= 4 is 18.1 Å². The van der Waals surface area contributed by atoms with Gasteiger partial charge in [-0.25, -0.2) is 13.5 Å². The molecule has 0 saturated heterocycles. The number of furan rings is 1. The van der Waals surface area contributed by atoms with Crippen molar-refractivity contribution in [3.05, 3.63) is 58.6 Å². The van der Waals surface area contributed by atoms with Crippen molar-refractivity contribution in [3.63, 3.8) is 0 Å². The number of nitrogens with zero attached hydrogens (tertiary/aromatic N) is 4. The van der Waals surface area contributed by atoms with Gasteiger partial charge in [-0.15, -0.1) is 5.10 Å². The van der Waals surface area contributed by atoms with Gasteiger partial charge < -0.3 is 10.2 Å². The number of rotatable bonds is 9. The van der Waals surface area contributed by atoms with Crippen LogP contribution < -0.4 is 5.73 Å². The highest BCUT2D eigenvalue weighted by molar-refractivity contribution is 7.71. The van der Waals surface area contributed by atoms with Crippen molar-refractivity contribution in [2.24, 2.45) is 5.73 Å². The molecule has 154 valence electrons. The third-order valence-electron chi connectivity index (χ3n) is 4.47. The Hall–Kier alpha value is -2.85. The first-order chi connectivity index (χ1) is 13.9. The summed E-state index contributed by atoms with van der Waals surface area (Å²) >= 11 is 5.52. The Morgan fingerprint density at radius 1 is 1.28 bits per heavy atom. The molecule has 2 aromatic heterocycles. The third kappa shape index (κ3) is 4.77. The molecule has 0 aliphatic heterocycles. The van der Waals surface area contributed by atoms with E-state index >= 15 is 0 Å². The van der Waals surface area contributed by atoms with Crippen molar-refractivity contribution in [1.82, 2.24) is 19.2 Å². The Morgan fingerprint density at radius 3 is 2.59 bits per heavy atom. The van der Waals surface area contributed by atoms with Crippen LogP contribution in [-0.4, -0.2) is 31.7 Å². The third-order valence-corrected chi connectivity index (χ3v) is 4.90. The van der Waals surface area contributed by atoms with E-state index in [4.69, 9.17) is 22.4 Å². The topological polar surface area (TPSA) is 82.2 Å². The van der Waals surface area contributed by atoms with Crippen molar-refractivity contribution in [3.8, 4) is 11.6 Å². The zero-order valence-corrected chi connectivity index (χ0v) is 16.7. The molecule has 10 heteroatoms. The fourth-order valence-corrected chi connectivity index (χ4v) is 3.18. The van der Waals surface area contributed by atoms with Gasteiger partial charge in [-0.3, -0.25) is 14.3 Å². The second-order valence-electron chi connectivity index (χ2n) is 6.44. The lowest BCUT2D eigenvalue weighted by molar-refractivity contribution is -0.118. The molecule has 1 amide bonds. The molecule has 2 heterocycles. The summed E-state index contributed by atoms with van der Waals surface area (Å²) in [5, 5.41) is 4.50. The standard InChI is InChI=1S/C19H21F2N5O2S/c1-2-24(11-13-14(20)5-3-6-15(13)21)12-26-19(29)25(9-8-17(22)27)18(23-26)16-7-4-10-28-16/h3-7,10H,2,8-9,11-12H2,1H3,(H2,22,27). The van der Waals surface area contributed by atoms with Crippen LogP contribution in [-0.2, 0) is 24.6 Å². The fraction of sp³-hybridized carbons (Fsp3) is 0.316. The monoisotopic (exact) mass is 421 g/mol. The minimum atomic E-state index is -0.602. The van der Waals surface area contributed by atoms with Gasteiger partial charge in [0.15, 0.2) is 16.4 Å². The van der Waals surface area contributed by atoms with Crippen molar-refractivity contribution in [2.45, 2.75) is 33.1 Å². The number of nitrogens with two attached hydrogens (primary N) is 1. The zero-order valence-electron chi connectivity index (χ0n) is 15.8. The molecule has 1 aromatic carbocycles. The van der Waals surface area contributed by atoms with Crippen LogP contribution in [0.25, 0.3) is 11.6 Å². The summed E-state index contributed by atoms with van der Waals surface area (Å²) in [6.07, 6.45) is 1.60. The molecule has 0 spiro atoms. The van der Waals surface area contributed by atoms with Gasteiger partial charge in [0.05, 0.1) is 12.9 Å². The van der Waals surface area contributed by atoms with Crippen molar-refractivity contribution < 1.29 is 18.0 Å². The number of carbonyl (C=O) groups is 1. The Balaban J connectivity index is 1.90. The molecule has 0 bridgehead atoms. The van der Waals surface area contributed by atoms with Gasteiger partial charge in [-0.05, 0) is 43.0 Å². The highest BCUT2D eigenvalue weighted by atomic mass is 32.1. The molecule has 0 saturated carbocycles. The molecular weight excluding hydrogens is 400 g/mol. The predicted molar refractivity (Wildman–Crippen MR) is 105 cm³/mol. The van der Waals surface area contributed by atoms with Crippen molar-refractivity contribution in [2.75, 3.05) is 6.54 Å². The largest absolute Gasteiger partial charge is 0.461 e. The number of halogens is 2. The van der Waals surface area contributed by atoms with E-state index in [9.17, 15) is 13.6 Å². The van der Waals surface area contributed by atoms with Gasteiger partial charge in [0.1, 0.15) is 11.6 Å². The van der Waals surface area contributed by atoms with Crippen LogP contribution in [0.4, 0.5) is 8.78 Å². The van der Waals surface area contributed by atoms with Crippen LogP contribution in [0.15, 0.2) is 41.0 Å². The number of benzene rings is 1. The highest BCUT2D eigenvalue weighted by Crippen LogP contribution is 2.20. The number of carbonyl (C=O) groups excluding carboxylic acids is 1. The lowest BCUT2D eigenvalue weighted by atomic mass is 10.2. The van der Waals surface area contributed by atoms with E-state index in [1.165, 1.54) is 29.1 Å². The molecule has 3 aromatic rings. The average molecular weight is 421 g/mol. The van der Waals surface area contributed by atoms with E-state index in [1.807, 2.05) is 6.92 Å². The Bertz CT molecular complexity index is 1030. The first-order valence-electron chi connectivity index (χ1n) is 9.05. The summed E-state index contributed by atoms with van der Waals surface area (Å²) in [6, 6.07) is 7.23. The van der Waals surface area contributed by atoms with E-state index in [0.717, 1.165) is 0 Å². The van der Waals surface area contributed by atoms with Crippen LogP contribution in [0.5, 0.6) is 0 Å². The molecular formula is C19H21F2N5O2S. The maximum atomic E-state index is 14.0. The lowest BCUT2D eigenvalue weighted by Gasteiger charge is -2.20. The van der Waals surface area contributed by atoms with Crippen LogP contribution in [0.3, 0.4) is 0 Å². The summed E-state index contributed by atoms with van der Waals surface area (Å²) in [5.74, 6) is -0.724. The number of aromatic nitrogens is 3. The van der Waals surface area contributed by atoms with Crippen LogP contribution in [0.2, 0.25) is 0 Å². The van der Waals surface area contributed by atoms with Gasteiger partial charge in [-0.1, -0.05) is 13.0 Å². The van der Waals surface area contributed by atoms with Crippen LogP contribution in [0.1, 0.15) is 18.9 Å². The molecule has 0 atom stereocenters. The molecule has 0 radical (unpaired) electrons. The summed E-state index contributed by atoms with van der Waals surface area (Å²) in [4.78, 5) is 13.0. The van der Waals surface area contributed by atoms with Crippen molar-refractivity contribution in [1.29, 1.82) is 0 Å². The Kier molecular flexibility index (Phi) is 6.55. The smallest absolute Gasteiger partial charge is 0.219 e. The molecule has 0 unspecified atom stereocenters. The maximum Gasteiger partial charge on any atom is 0.219 e. The lowest BCUT2D eigenvalue weighted by Crippen LogP contribution is -2.27. The average Bonchev–Trinajstić information content (AvgIpc) is 3.31. The fourth-order valence-electron chi connectivity index (χ4n) is 2.90. The van der Waals surface area contributed by atoms with Crippen LogP contribution in [0, 0.1) is 16.4 Å². The molecule has 0 aliphatic carbocycles. The number of amides is 1.